The van der Waals surface area contributed by atoms with E-state index < -0.39 is 6.10 Å². The van der Waals surface area contributed by atoms with Gasteiger partial charge in [0.15, 0.2) is 0 Å². The normalized spacial score (nSPS) is 18.7. The third kappa shape index (κ3) is 4.74. The summed E-state index contributed by atoms with van der Waals surface area (Å²) in [5.41, 5.74) is 1.15. The summed E-state index contributed by atoms with van der Waals surface area (Å²) in [5, 5.41) is 13.2. The summed E-state index contributed by atoms with van der Waals surface area (Å²) >= 11 is 0. The third-order valence-corrected chi connectivity index (χ3v) is 3.10. The highest BCUT2D eigenvalue weighted by Gasteiger charge is 2.14. The van der Waals surface area contributed by atoms with E-state index in [2.05, 4.69) is 10.2 Å². The summed E-state index contributed by atoms with van der Waals surface area (Å²) < 4.78 is 5.53. The minimum absolute atomic E-state index is 0.396. The maximum Gasteiger partial charge on any atom is 0.0900 e. The highest BCUT2D eigenvalue weighted by atomic mass is 16.5. The van der Waals surface area contributed by atoms with Gasteiger partial charge in [-0.3, -0.25) is 4.90 Å². The third-order valence-electron chi connectivity index (χ3n) is 3.10. The minimum atomic E-state index is -0.396. The van der Waals surface area contributed by atoms with Gasteiger partial charge in [-0.1, -0.05) is 30.3 Å². The number of nitrogens with one attached hydrogen (secondary N) is 1. The lowest BCUT2D eigenvalue weighted by Gasteiger charge is -2.28. The molecule has 1 fully saturated rings. The molecule has 18 heavy (non-hydrogen) atoms. The van der Waals surface area contributed by atoms with Gasteiger partial charge >= 0.3 is 0 Å². The smallest absolute Gasteiger partial charge is 0.0900 e. The Balaban J connectivity index is 1.61. The van der Waals surface area contributed by atoms with Crippen molar-refractivity contribution in [2.75, 3.05) is 39.3 Å². The van der Waals surface area contributed by atoms with Gasteiger partial charge in [-0.2, -0.15) is 0 Å². The summed E-state index contributed by atoms with van der Waals surface area (Å²) in [6, 6.07) is 10.0. The molecule has 0 saturated carbocycles. The highest BCUT2D eigenvalue weighted by molar-refractivity contribution is 5.13. The van der Waals surface area contributed by atoms with Crippen LogP contribution in [-0.4, -0.2) is 55.4 Å². The fourth-order valence-electron chi connectivity index (χ4n) is 2.13. The van der Waals surface area contributed by atoms with Crippen molar-refractivity contribution in [2.45, 2.75) is 12.7 Å². The first-order valence-electron chi connectivity index (χ1n) is 6.57. The first-order valence-corrected chi connectivity index (χ1v) is 6.57. The molecule has 1 aliphatic heterocycles. The Bertz CT molecular complexity index is 326. The molecule has 1 saturated heterocycles. The van der Waals surface area contributed by atoms with Crippen molar-refractivity contribution in [1.29, 1.82) is 0 Å². The van der Waals surface area contributed by atoms with E-state index in [0.717, 1.165) is 31.7 Å². The molecule has 1 aromatic rings. The zero-order valence-corrected chi connectivity index (χ0v) is 10.7. The van der Waals surface area contributed by atoms with Crippen molar-refractivity contribution >= 4 is 0 Å². The molecule has 1 aliphatic rings. The van der Waals surface area contributed by atoms with Crippen molar-refractivity contribution in [2.24, 2.45) is 0 Å². The Labute approximate surface area is 109 Å². The van der Waals surface area contributed by atoms with Crippen LogP contribution in [0.3, 0.4) is 0 Å². The maximum absolute atomic E-state index is 9.89. The lowest BCUT2D eigenvalue weighted by Crippen LogP contribution is -2.47. The molecule has 0 aliphatic carbocycles. The van der Waals surface area contributed by atoms with Gasteiger partial charge in [-0.15, -0.1) is 0 Å². The zero-order valence-electron chi connectivity index (χ0n) is 10.7. The average Bonchev–Trinajstić information content (AvgIpc) is 2.41. The van der Waals surface area contributed by atoms with Crippen LogP contribution >= 0.6 is 0 Å². The molecule has 0 spiro atoms. The van der Waals surface area contributed by atoms with Crippen molar-refractivity contribution in [3.63, 3.8) is 0 Å². The quantitative estimate of drug-likeness (QED) is 0.770. The monoisotopic (exact) mass is 250 g/mol. The molecule has 1 unspecified atom stereocenters. The summed E-state index contributed by atoms with van der Waals surface area (Å²) in [6.07, 6.45) is -0.396. The van der Waals surface area contributed by atoms with Crippen LogP contribution in [0.1, 0.15) is 5.56 Å². The molecule has 2 N–H and O–H groups in total. The first kappa shape index (κ1) is 13.5. The maximum atomic E-state index is 9.89. The predicted molar refractivity (Wildman–Crippen MR) is 71.4 cm³/mol. The van der Waals surface area contributed by atoms with Gasteiger partial charge in [0.25, 0.3) is 0 Å². The van der Waals surface area contributed by atoms with E-state index >= 15 is 0 Å². The lowest BCUT2D eigenvalue weighted by atomic mass is 10.2. The molecular formula is C14H22N2O2. The number of β-amino-alcohol motifs (C(OH)–C–C–N with tert-alkyl or cyclic N) is 1. The molecule has 1 atom stereocenters. The number of nitrogens with zero attached hydrogens (tertiary/aromatic N) is 1. The van der Waals surface area contributed by atoms with E-state index in [9.17, 15) is 5.11 Å². The Morgan fingerprint density at radius 3 is 2.67 bits per heavy atom. The first-order chi connectivity index (χ1) is 8.84. The number of aliphatic hydroxyl groups excluding tert-OH is 1. The number of benzene rings is 1. The predicted octanol–water partition coefficient (Wildman–Crippen LogP) is 0.469. The molecule has 0 amide bonds. The fraction of sp³-hybridized carbons (Fsp3) is 0.571. The SMILES string of the molecule is OC(COCc1ccccc1)CN1CCNCC1. The van der Waals surface area contributed by atoms with E-state index in [4.69, 9.17) is 4.74 Å². The topological polar surface area (TPSA) is 44.7 Å². The van der Waals surface area contributed by atoms with Crippen LogP contribution in [0.4, 0.5) is 0 Å². The van der Waals surface area contributed by atoms with Gasteiger partial charge in [0.2, 0.25) is 0 Å². The largest absolute Gasteiger partial charge is 0.389 e. The molecule has 0 radical (unpaired) electrons. The average molecular weight is 250 g/mol. The molecule has 2 rings (SSSR count). The van der Waals surface area contributed by atoms with E-state index in [1.165, 1.54) is 0 Å². The van der Waals surface area contributed by atoms with E-state index in [0.29, 0.717) is 19.8 Å². The van der Waals surface area contributed by atoms with Crippen LogP contribution in [0.15, 0.2) is 30.3 Å². The Morgan fingerprint density at radius 1 is 1.22 bits per heavy atom. The van der Waals surface area contributed by atoms with Crippen molar-refractivity contribution in [1.82, 2.24) is 10.2 Å². The van der Waals surface area contributed by atoms with Gasteiger partial charge in [0.05, 0.1) is 19.3 Å². The molecular weight excluding hydrogens is 228 g/mol. The van der Waals surface area contributed by atoms with Gasteiger partial charge in [0, 0.05) is 32.7 Å². The second-order valence-corrected chi connectivity index (χ2v) is 4.71. The van der Waals surface area contributed by atoms with Crippen LogP contribution in [0.2, 0.25) is 0 Å². The summed E-state index contributed by atoms with van der Waals surface area (Å²) in [5.74, 6) is 0. The van der Waals surface area contributed by atoms with Crippen molar-refractivity contribution < 1.29 is 9.84 Å². The second-order valence-electron chi connectivity index (χ2n) is 4.71. The number of ether oxygens (including phenoxy) is 1. The molecule has 4 heteroatoms. The summed E-state index contributed by atoms with van der Waals surface area (Å²) in [4.78, 5) is 2.27. The van der Waals surface area contributed by atoms with Gasteiger partial charge in [-0.25, -0.2) is 0 Å². The number of piperazine rings is 1. The Morgan fingerprint density at radius 2 is 1.94 bits per heavy atom. The number of aliphatic hydroxyl groups is 1. The van der Waals surface area contributed by atoms with E-state index in [-0.39, 0.29) is 0 Å². The zero-order chi connectivity index (χ0) is 12.6. The molecule has 1 aromatic carbocycles. The van der Waals surface area contributed by atoms with E-state index in [1.807, 2.05) is 30.3 Å². The molecule has 100 valence electrons. The van der Waals surface area contributed by atoms with Crippen LogP contribution in [0.5, 0.6) is 0 Å². The molecule has 1 heterocycles. The standard InChI is InChI=1S/C14H22N2O2/c17-14(10-16-8-6-15-7-9-16)12-18-11-13-4-2-1-3-5-13/h1-5,14-15,17H,6-12H2. The number of hydrogen-bond donors (Lipinski definition) is 2. The van der Waals surface area contributed by atoms with Crippen molar-refractivity contribution in [3.05, 3.63) is 35.9 Å². The Hall–Kier alpha value is -0.940. The molecule has 4 nitrogen and oxygen atoms in total. The van der Waals surface area contributed by atoms with Crippen molar-refractivity contribution in [3.8, 4) is 0 Å². The molecule has 0 aromatic heterocycles. The second kappa shape index (κ2) is 7.48. The molecule has 0 bridgehead atoms. The number of rotatable bonds is 6. The summed E-state index contributed by atoms with van der Waals surface area (Å²) in [7, 11) is 0. The van der Waals surface area contributed by atoms with Crippen LogP contribution in [0, 0.1) is 0 Å². The van der Waals surface area contributed by atoms with E-state index in [1.54, 1.807) is 0 Å². The van der Waals surface area contributed by atoms with Gasteiger partial charge in [0.1, 0.15) is 0 Å². The summed E-state index contributed by atoms with van der Waals surface area (Å²) in [6.45, 7) is 5.72. The highest BCUT2D eigenvalue weighted by Crippen LogP contribution is 2.02. The number of hydrogen-bond acceptors (Lipinski definition) is 4. The Kier molecular flexibility index (Phi) is 5.61. The van der Waals surface area contributed by atoms with Crippen LogP contribution in [0.25, 0.3) is 0 Å². The fourth-order valence-corrected chi connectivity index (χ4v) is 2.13. The van der Waals surface area contributed by atoms with Crippen LogP contribution < -0.4 is 5.32 Å². The van der Waals surface area contributed by atoms with Gasteiger partial charge < -0.3 is 15.2 Å². The van der Waals surface area contributed by atoms with Crippen LogP contribution in [-0.2, 0) is 11.3 Å². The lowest BCUT2D eigenvalue weighted by molar-refractivity contribution is 0.00823. The minimum Gasteiger partial charge on any atom is -0.389 e. The van der Waals surface area contributed by atoms with Gasteiger partial charge in [-0.05, 0) is 5.56 Å².